The topological polar surface area (TPSA) is 37.4 Å². The van der Waals surface area contributed by atoms with Gasteiger partial charge in [-0.1, -0.05) is 43.7 Å². The van der Waals surface area contributed by atoms with E-state index >= 15 is 0 Å². The molecule has 1 amide bonds. The third kappa shape index (κ3) is 2.25. The van der Waals surface area contributed by atoms with E-state index in [9.17, 15) is 9.59 Å². The number of benzene rings is 2. The van der Waals surface area contributed by atoms with Gasteiger partial charge in [0.2, 0.25) is 5.91 Å². The summed E-state index contributed by atoms with van der Waals surface area (Å²) in [5.74, 6) is -0.735. The Hall–Kier alpha value is -2.42. The van der Waals surface area contributed by atoms with Gasteiger partial charge in [0.1, 0.15) is 5.92 Å². The number of rotatable bonds is 3. The summed E-state index contributed by atoms with van der Waals surface area (Å²) in [4.78, 5) is 27.0. The van der Waals surface area contributed by atoms with Crippen LogP contribution in [0.15, 0.2) is 54.6 Å². The second-order valence-corrected chi connectivity index (χ2v) is 5.23. The summed E-state index contributed by atoms with van der Waals surface area (Å²) in [6.45, 7) is 1.99. The van der Waals surface area contributed by atoms with Crippen LogP contribution in [-0.4, -0.2) is 11.7 Å². The van der Waals surface area contributed by atoms with Crippen LogP contribution in [0.5, 0.6) is 0 Å². The lowest BCUT2D eigenvalue weighted by Gasteiger charge is -2.33. The molecule has 106 valence electrons. The van der Waals surface area contributed by atoms with Gasteiger partial charge in [-0.25, -0.2) is 0 Å². The highest BCUT2D eigenvalue weighted by atomic mass is 16.2. The number of amides is 1. The van der Waals surface area contributed by atoms with Gasteiger partial charge in [-0.15, -0.1) is 0 Å². The van der Waals surface area contributed by atoms with Crippen molar-refractivity contribution in [2.75, 3.05) is 4.90 Å². The molecule has 2 aromatic carbocycles. The fourth-order valence-electron chi connectivity index (χ4n) is 2.84. The van der Waals surface area contributed by atoms with Crippen LogP contribution < -0.4 is 4.90 Å². The number of hydrogen-bond acceptors (Lipinski definition) is 2. The number of fused-ring (bicyclic) bond motifs is 1. The Labute approximate surface area is 124 Å². The lowest BCUT2D eigenvalue weighted by atomic mass is 9.87. The van der Waals surface area contributed by atoms with E-state index < -0.39 is 5.92 Å². The van der Waals surface area contributed by atoms with Crippen molar-refractivity contribution < 1.29 is 9.59 Å². The third-order valence-corrected chi connectivity index (χ3v) is 3.84. The van der Waals surface area contributed by atoms with Gasteiger partial charge in [-0.3, -0.25) is 14.5 Å². The molecule has 1 unspecified atom stereocenters. The molecule has 0 radical (unpaired) electrons. The molecule has 0 saturated heterocycles. The number of nitrogens with zero attached hydrogens (tertiary/aromatic N) is 1. The summed E-state index contributed by atoms with van der Waals surface area (Å²) in [7, 11) is 0. The fraction of sp³-hybridized carbons (Fsp3) is 0.222. The average molecular weight is 279 g/mol. The molecule has 0 bridgehead atoms. The van der Waals surface area contributed by atoms with Gasteiger partial charge in [0.05, 0.1) is 5.69 Å². The van der Waals surface area contributed by atoms with E-state index in [-0.39, 0.29) is 11.7 Å². The van der Waals surface area contributed by atoms with Gasteiger partial charge >= 0.3 is 0 Å². The minimum absolute atomic E-state index is 0.0513. The molecule has 0 saturated carbocycles. The van der Waals surface area contributed by atoms with Crippen LogP contribution in [0.3, 0.4) is 0 Å². The Balaban J connectivity index is 2.16. The molecule has 0 fully saturated rings. The van der Waals surface area contributed by atoms with Crippen molar-refractivity contribution in [3.8, 4) is 0 Å². The Morgan fingerprint density at radius 3 is 2.33 bits per heavy atom. The number of carbonyl (C=O) groups excluding carboxylic acids is 2. The first-order valence-corrected chi connectivity index (χ1v) is 7.26. The summed E-state index contributed by atoms with van der Waals surface area (Å²) in [5.41, 5.74) is 2.13. The van der Waals surface area contributed by atoms with Crippen LogP contribution in [0.4, 0.5) is 11.4 Å². The number of anilines is 2. The highest BCUT2D eigenvalue weighted by Crippen LogP contribution is 2.37. The largest absolute Gasteiger partial charge is 0.293 e. The van der Waals surface area contributed by atoms with Crippen LogP contribution in [0.2, 0.25) is 0 Å². The molecule has 3 heteroatoms. The summed E-state index contributed by atoms with van der Waals surface area (Å²) in [6, 6.07) is 16.9. The Kier molecular flexibility index (Phi) is 3.57. The maximum Gasteiger partial charge on any atom is 0.242 e. The molecular formula is C18H17NO2. The van der Waals surface area contributed by atoms with Crippen molar-refractivity contribution in [3.05, 3.63) is 60.2 Å². The van der Waals surface area contributed by atoms with Gasteiger partial charge in [-0.05, 0) is 30.7 Å². The minimum atomic E-state index is -0.565. The zero-order chi connectivity index (χ0) is 14.8. The van der Waals surface area contributed by atoms with Gasteiger partial charge < -0.3 is 0 Å². The van der Waals surface area contributed by atoms with Crippen molar-refractivity contribution in [2.24, 2.45) is 5.92 Å². The van der Waals surface area contributed by atoms with E-state index in [0.717, 1.165) is 12.1 Å². The summed E-state index contributed by atoms with van der Waals surface area (Å²) in [6.07, 6.45) is 1.41. The number of Topliss-reactive ketones (excluding diaryl/α,β-unsaturated/α-hetero) is 1. The van der Waals surface area contributed by atoms with Gasteiger partial charge in [0.15, 0.2) is 5.78 Å². The Morgan fingerprint density at radius 2 is 1.62 bits per heavy atom. The van der Waals surface area contributed by atoms with E-state index in [1.807, 2.05) is 61.5 Å². The first kappa shape index (κ1) is 13.6. The maximum absolute atomic E-state index is 12.8. The van der Waals surface area contributed by atoms with E-state index in [0.29, 0.717) is 17.7 Å². The molecule has 0 N–H and O–H groups in total. The van der Waals surface area contributed by atoms with E-state index in [2.05, 4.69) is 0 Å². The quantitative estimate of drug-likeness (QED) is 0.797. The molecule has 3 rings (SSSR count). The van der Waals surface area contributed by atoms with Gasteiger partial charge in [-0.2, -0.15) is 0 Å². The Bertz CT molecular complexity index is 679. The summed E-state index contributed by atoms with van der Waals surface area (Å²) < 4.78 is 0. The predicted molar refractivity (Wildman–Crippen MR) is 82.8 cm³/mol. The standard InChI is InChI=1S/C18H17NO2/c1-2-8-15-17(20)14-11-6-7-12-16(14)19(18(15)21)13-9-4-3-5-10-13/h3-7,9-12,15H,2,8H2,1H3. The SMILES string of the molecule is CCCC1C(=O)c2ccccc2N(c2ccccc2)C1=O. The van der Waals surface area contributed by atoms with Crippen molar-refractivity contribution >= 4 is 23.1 Å². The first-order chi connectivity index (χ1) is 10.2. The highest BCUT2D eigenvalue weighted by molar-refractivity contribution is 6.23. The highest BCUT2D eigenvalue weighted by Gasteiger charge is 2.39. The van der Waals surface area contributed by atoms with Crippen molar-refractivity contribution in [1.82, 2.24) is 0 Å². The normalized spacial score (nSPS) is 17.8. The second kappa shape index (κ2) is 5.52. The average Bonchev–Trinajstić information content (AvgIpc) is 2.53. The number of ketones is 1. The minimum Gasteiger partial charge on any atom is -0.293 e. The summed E-state index contributed by atoms with van der Waals surface area (Å²) >= 11 is 0. The molecule has 1 aliphatic rings. The molecule has 1 aliphatic heterocycles. The van der Waals surface area contributed by atoms with Crippen LogP contribution in [-0.2, 0) is 4.79 Å². The van der Waals surface area contributed by atoms with E-state index in [1.54, 1.807) is 4.90 Å². The molecule has 0 aromatic heterocycles. The molecule has 3 nitrogen and oxygen atoms in total. The second-order valence-electron chi connectivity index (χ2n) is 5.23. The van der Waals surface area contributed by atoms with E-state index in [4.69, 9.17) is 0 Å². The van der Waals surface area contributed by atoms with Crippen LogP contribution >= 0.6 is 0 Å². The van der Waals surface area contributed by atoms with Crippen LogP contribution in [0.25, 0.3) is 0 Å². The van der Waals surface area contributed by atoms with Crippen molar-refractivity contribution in [2.45, 2.75) is 19.8 Å². The maximum atomic E-state index is 12.8. The monoisotopic (exact) mass is 279 g/mol. The van der Waals surface area contributed by atoms with Crippen LogP contribution in [0.1, 0.15) is 30.1 Å². The van der Waals surface area contributed by atoms with Crippen molar-refractivity contribution in [1.29, 1.82) is 0 Å². The third-order valence-electron chi connectivity index (χ3n) is 3.84. The van der Waals surface area contributed by atoms with E-state index in [1.165, 1.54) is 0 Å². The predicted octanol–water partition coefficient (Wildman–Crippen LogP) is 3.96. The molecule has 0 aliphatic carbocycles. The number of para-hydroxylation sites is 2. The molecule has 2 aromatic rings. The number of carbonyl (C=O) groups is 2. The van der Waals surface area contributed by atoms with Gasteiger partial charge in [0.25, 0.3) is 0 Å². The molecular weight excluding hydrogens is 262 g/mol. The first-order valence-electron chi connectivity index (χ1n) is 7.26. The van der Waals surface area contributed by atoms with Gasteiger partial charge in [0, 0.05) is 11.3 Å². The van der Waals surface area contributed by atoms with Crippen LogP contribution in [0, 0.1) is 5.92 Å². The molecule has 0 spiro atoms. The molecule has 1 atom stereocenters. The fourth-order valence-corrected chi connectivity index (χ4v) is 2.84. The summed E-state index contributed by atoms with van der Waals surface area (Å²) in [5, 5.41) is 0. The molecule has 21 heavy (non-hydrogen) atoms. The number of hydrogen-bond donors (Lipinski definition) is 0. The molecule has 1 heterocycles. The zero-order valence-electron chi connectivity index (χ0n) is 12.0. The zero-order valence-corrected chi connectivity index (χ0v) is 12.0. The van der Waals surface area contributed by atoms with Crippen molar-refractivity contribution in [3.63, 3.8) is 0 Å². The lowest BCUT2D eigenvalue weighted by molar-refractivity contribution is -0.120. The Morgan fingerprint density at radius 1 is 0.952 bits per heavy atom. The smallest absolute Gasteiger partial charge is 0.242 e. The lowest BCUT2D eigenvalue weighted by Crippen LogP contribution is -2.41.